The number of hydrogen-bond donors (Lipinski definition) is 2. The Bertz CT molecular complexity index is 699. The summed E-state index contributed by atoms with van der Waals surface area (Å²) < 4.78 is 23.1. The molecule has 0 spiro atoms. The smallest absolute Gasteiger partial charge is 0.380 e. The van der Waals surface area contributed by atoms with E-state index in [2.05, 4.69) is 13.8 Å². The highest BCUT2D eigenvalue weighted by Crippen LogP contribution is 2.63. The van der Waals surface area contributed by atoms with Gasteiger partial charge >= 0.3 is 11.4 Å². The molecule has 2 N–H and O–H groups in total. The molecule has 3 rings (SSSR count). The molecule has 0 saturated heterocycles. The van der Waals surface area contributed by atoms with Crippen LogP contribution in [-0.4, -0.2) is 31.5 Å². The Morgan fingerprint density at radius 2 is 1.83 bits per heavy atom. The van der Waals surface area contributed by atoms with Gasteiger partial charge in [-0.25, -0.2) is 0 Å². The fourth-order valence-electron chi connectivity index (χ4n) is 4.15. The van der Waals surface area contributed by atoms with Crippen LogP contribution < -0.4 is 4.28 Å². The fourth-order valence-corrected chi connectivity index (χ4v) is 4.75. The molecule has 3 unspecified atom stereocenters. The maximum Gasteiger partial charge on any atom is 0.380 e. The first kappa shape index (κ1) is 17.3. The SMILES string of the molecule is Cc1c(C)c(O)n(OS(=O)OCC23CCC(CC2=O)C3(C)C)c1O. The van der Waals surface area contributed by atoms with E-state index >= 15 is 0 Å². The summed E-state index contributed by atoms with van der Waals surface area (Å²) in [5.74, 6) is -0.179. The lowest BCUT2D eigenvalue weighted by Gasteiger charge is -2.35. The number of carbonyl (C=O) groups excluding carboxylic acids is 1. The van der Waals surface area contributed by atoms with E-state index in [-0.39, 0.29) is 29.6 Å². The van der Waals surface area contributed by atoms with E-state index in [9.17, 15) is 19.2 Å². The minimum atomic E-state index is -2.25. The molecule has 2 aliphatic rings. The van der Waals surface area contributed by atoms with Gasteiger partial charge in [0.25, 0.3) is 0 Å². The minimum Gasteiger partial charge on any atom is -0.492 e. The predicted molar refractivity (Wildman–Crippen MR) is 86.5 cm³/mol. The average molecular weight is 357 g/mol. The van der Waals surface area contributed by atoms with Gasteiger partial charge in [-0.2, -0.15) is 4.21 Å². The first-order valence-electron chi connectivity index (χ1n) is 7.99. The highest BCUT2D eigenvalue weighted by atomic mass is 32.2. The average Bonchev–Trinajstić information content (AvgIpc) is 2.96. The van der Waals surface area contributed by atoms with Crippen molar-refractivity contribution in [1.29, 1.82) is 0 Å². The van der Waals surface area contributed by atoms with E-state index in [0.29, 0.717) is 28.2 Å². The highest BCUT2D eigenvalue weighted by Gasteiger charge is 2.64. The van der Waals surface area contributed by atoms with Crippen LogP contribution in [0.25, 0.3) is 0 Å². The molecule has 2 fully saturated rings. The van der Waals surface area contributed by atoms with Crippen molar-refractivity contribution in [3.63, 3.8) is 0 Å². The van der Waals surface area contributed by atoms with Gasteiger partial charge in [0.2, 0.25) is 11.8 Å². The van der Waals surface area contributed by atoms with Crippen molar-refractivity contribution in [3.8, 4) is 11.8 Å². The Morgan fingerprint density at radius 1 is 1.25 bits per heavy atom. The van der Waals surface area contributed by atoms with Gasteiger partial charge in [-0.1, -0.05) is 18.6 Å². The summed E-state index contributed by atoms with van der Waals surface area (Å²) in [7, 11) is 0. The summed E-state index contributed by atoms with van der Waals surface area (Å²) in [5.41, 5.74) is 0.0188. The zero-order valence-electron chi connectivity index (χ0n) is 14.3. The van der Waals surface area contributed by atoms with Crippen LogP contribution in [0.1, 0.15) is 44.2 Å². The van der Waals surface area contributed by atoms with Crippen molar-refractivity contribution in [2.24, 2.45) is 16.7 Å². The number of rotatable bonds is 5. The maximum absolute atomic E-state index is 12.4. The quantitative estimate of drug-likeness (QED) is 0.836. The molecule has 0 amide bonds. The summed E-state index contributed by atoms with van der Waals surface area (Å²) in [4.78, 5) is 12.4. The van der Waals surface area contributed by atoms with Gasteiger partial charge in [0.1, 0.15) is 5.78 Å². The van der Waals surface area contributed by atoms with Crippen LogP contribution in [0.15, 0.2) is 0 Å². The Hall–Kier alpha value is -1.54. The first-order valence-corrected chi connectivity index (χ1v) is 8.99. The molecule has 2 aliphatic carbocycles. The second-order valence-electron chi connectivity index (χ2n) is 7.40. The third-order valence-electron chi connectivity index (χ3n) is 6.29. The molecule has 8 heteroatoms. The topological polar surface area (TPSA) is 98.0 Å². The molecule has 0 radical (unpaired) electrons. The third-order valence-corrected chi connectivity index (χ3v) is 6.88. The highest BCUT2D eigenvalue weighted by molar-refractivity contribution is 7.75. The van der Waals surface area contributed by atoms with Crippen molar-refractivity contribution in [1.82, 2.24) is 4.73 Å². The molecule has 7 nitrogen and oxygen atoms in total. The fraction of sp³-hybridized carbons (Fsp3) is 0.688. The van der Waals surface area contributed by atoms with Gasteiger partial charge in [-0.15, -0.1) is 0 Å². The summed E-state index contributed by atoms with van der Waals surface area (Å²) in [6, 6.07) is 0. The van der Waals surface area contributed by atoms with Crippen LogP contribution in [0.5, 0.6) is 11.8 Å². The van der Waals surface area contributed by atoms with Crippen molar-refractivity contribution in [2.45, 2.75) is 47.0 Å². The molecule has 3 atom stereocenters. The van der Waals surface area contributed by atoms with Crippen molar-refractivity contribution in [3.05, 3.63) is 11.1 Å². The number of nitrogens with zero attached hydrogens (tertiary/aromatic N) is 1. The lowest BCUT2D eigenvalue weighted by Crippen LogP contribution is -2.41. The number of Topliss-reactive ketones (excluding diaryl/α,β-unsaturated/α-hetero) is 1. The van der Waals surface area contributed by atoms with Crippen LogP contribution >= 0.6 is 0 Å². The van der Waals surface area contributed by atoms with Gasteiger partial charge in [0, 0.05) is 17.5 Å². The van der Waals surface area contributed by atoms with Gasteiger partial charge < -0.3 is 10.2 Å². The second-order valence-corrected chi connectivity index (χ2v) is 8.19. The van der Waals surface area contributed by atoms with Crippen molar-refractivity contribution >= 4 is 17.1 Å². The van der Waals surface area contributed by atoms with Crippen LogP contribution in [0.3, 0.4) is 0 Å². The van der Waals surface area contributed by atoms with Gasteiger partial charge in [0.05, 0.1) is 12.0 Å². The molecular weight excluding hydrogens is 334 g/mol. The molecule has 1 heterocycles. The minimum absolute atomic E-state index is 0.00268. The van der Waals surface area contributed by atoms with Gasteiger partial charge in [0.15, 0.2) is 0 Å². The number of fused-ring (bicyclic) bond motifs is 2. The summed E-state index contributed by atoms with van der Waals surface area (Å²) in [6.45, 7) is 7.32. The third kappa shape index (κ3) is 2.19. The Balaban J connectivity index is 1.71. The van der Waals surface area contributed by atoms with Crippen LogP contribution in [0, 0.1) is 30.6 Å². The van der Waals surface area contributed by atoms with E-state index in [0.717, 1.165) is 12.8 Å². The van der Waals surface area contributed by atoms with Crippen LogP contribution in [0.2, 0.25) is 0 Å². The summed E-state index contributed by atoms with van der Waals surface area (Å²) in [6.07, 6.45) is 2.23. The zero-order valence-corrected chi connectivity index (χ0v) is 15.1. The Morgan fingerprint density at radius 3 is 2.29 bits per heavy atom. The number of aromatic nitrogens is 1. The maximum atomic E-state index is 12.4. The van der Waals surface area contributed by atoms with Crippen LogP contribution in [0.4, 0.5) is 0 Å². The van der Waals surface area contributed by atoms with Gasteiger partial charge in [-0.05, 0) is 38.0 Å². The molecule has 1 aromatic heterocycles. The van der Waals surface area contributed by atoms with E-state index < -0.39 is 16.8 Å². The number of aromatic hydroxyl groups is 2. The lowest BCUT2D eigenvalue weighted by atomic mass is 9.69. The van der Waals surface area contributed by atoms with Crippen LogP contribution in [-0.2, 0) is 20.3 Å². The van der Waals surface area contributed by atoms with Crippen molar-refractivity contribution < 1.29 is 27.7 Å². The van der Waals surface area contributed by atoms with E-state index in [1.54, 1.807) is 13.8 Å². The standard InChI is InChI=1S/C16H23NO6S/c1-9-10(2)14(20)17(13(9)19)23-24(21)22-8-16-6-5-11(7-12(16)18)15(16,3)4/h11,19-20H,5-8H2,1-4H3. The van der Waals surface area contributed by atoms with Crippen molar-refractivity contribution in [2.75, 3.05) is 6.61 Å². The molecule has 24 heavy (non-hydrogen) atoms. The lowest BCUT2D eigenvalue weighted by molar-refractivity contribution is -0.131. The summed E-state index contributed by atoms with van der Waals surface area (Å²) in [5, 5.41) is 19.8. The molecule has 2 bridgehead atoms. The van der Waals surface area contributed by atoms with E-state index in [1.165, 1.54) is 0 Å². The molecule has 0 aliphatic heterocycles. The van der Waals surface area contributed by atoms with E-state index in [1.807, 2.05) is 0 Å². The molecular formula is C16H23NO6S. The predicted octanol–water partition coefficient (Wildman–Crippen LogP) is 1.94. The first-order chi connectivity index (χ1) is 11.1. The second kappa shape index (κ2) is 5.49. The van der Waals surface area contributed by atoms with E-state index in [4.69, 9.17) is 8.47 Å². The monoisotopic (exact) mass is 357 g/mol. The number of hydrogen-bond acceptors (Lipinski definition) is 6. The molecule has 134 valence electrons. The number of ketones is 1. The molecule has 1 aromatic rings. The normalized spacial score (nSPS) is 29.2. The molecule has 2 saturated carbocycles. The largest absolute Gasteiger partial charge is 0.492 e. The van der Waals surface area contributed by atoms with Gasteiger partial charge in [-0.3, -0.25) is 13.3 Å². The Labute approximate surface area is 143 Å². The molecule has 0 aromatic carbocycles. The Kier molecular flexibility index (Phi) is 3.95. The number of carbonyl (C=O) groups is 1. The summed E-state index contributed by atoms with van der Waals surface area (Å²) >= 11 is -2.25. The zero-order chi connectivity index (χ0) is 17.9.